The number of benzene rings is 1. The highest BCUT2D eigenvalue weighted by molar-refractivity contribution is 5.84. The Morgan fingerprint density at radius 1 is 1.10 bits per heavy atom. The lowest BCUT2D eigenvalue weighted by molar-refractivity contribution is -0.119. The molecule has 2 aromatic heterocycles. The van der Waals surface area contributed by atoms with Crippen molar-refractivity contribution in [1.82, 2.24) is 4.98 Å². The molecule has 2 heterocycles. The zero-order chi connectivity index (χ0) is 21.5. The highest BCUT2D eigenvalue weighted by Crippen LogP contribution is 2.25. The van der Waals surface area contributed by atoms with Crippen LogP contribution in [-0.2, 0) is 17.6 Å². The van der Waals surface area contributed by atoms with E-state index >= 15 is 0 Å². The van der Waals surface area contributed by atoms with Gasteiger partial charge in [0.1, 0.15) is 11.4 Å². The fourth-order valence-electron chi connectivity index (χ4n) is 3.87. The maximum absolute atomic E-state index is 12.6. The van der Waals surface area contributed by atoms with Gasteiger partial charge < -0.3 is 9.32 Å². The van der Waals surface area contributed by atoms with Gasteiger partial charge in [-0.25, -0.2) is 4.79 Å². The average molecular weight is 407 g/mol. The molecule has 3 rings (SSSR count). The summed E-state index contributed by atoms with van der Waals surface area (Å²) in [6.45, 7) is 7.98. The molecule has 3 aromatic rings. The number of carbonyl (C=O) groups is 1. The standard InChI is InChI=1S/C25H30N2O3/c1-4-27(5-2)20-12-14-22-18(3)23(25(29)30-24(22)16-20)10-6-9-21(28)13-11-19-8-7-15-26-17-19/h7-8,12,14-17H,4-6,9-11,13H2,1-3H3. The summed E-state index contributed by atoms with van der Waals surface area (Å²) in [5.74, 6) is 0.213. The van der Waals surface area contributed by atoms with Gasteiger partial charge in [0.05, 0.1) is 0 Å². The molecule has 0 unspecified atom stereocenters. The second-order valence-electron chi connectivity index (χ2n) is 7.60. The molecule has 0 aliphatic carbocycles. The van der Waals surface area contributed by atoms with Gasteiger partial charge in [-0.15, -0.1) is 0 Å². The van der Waals surface area contributed by atoms with Crippen LogP contribution < -0.4 is 10.5 Å². The molecule has 5 nitrogen and oxygen atoms in total. The Morgan fingerprint density at radius 2 is 1.90 bits per heavy atom. The van der Waals surface area contributed by atoms with Crippen molar-refractivity contribution in [3.05, 3.63) is 69.8 Å². The predicted molar refractivity (Wildman–Crippen MR) is 121 cm³/mol. The van der Waals surface area contributed by atoms with Crippen molar-refractivity contribution in [2.24, 2.45) is 0 Å². The second-order valence-corrected chi connectivity index (χ2v) is 7.60. The van der Waals surface area contributed by atoms with E-state index in [1.54, 1.807) is 12.4 Å². The van der Waals surface area contributed by atoms with E-state index in [-0.39, 0.29) is 11.4 Å². The minimum absolute atomic E-state index is 0.213. The number of rotatable bonds is 10. The fourth-order valence-corrected chi connectivity index (χ4v) is 3.87. The molecule has 0 aliphatic rings. The number of anilines is 1. The molecular weight excluding hydrogens is 376 g/mol. The van der Waals surface area contributed by atoms with Crippen LogP contribution in [0.3, 0.4) is 0 Å². The lowest BCUT2D eigenvalue weighted by Crippen LogP contribution is -2.21. The van der Waals surface area contributed by atoms with Gasteiger partial charge in [-0.3, -0.25) is 9.78 Å². The average Bonchev–Trinajstić information content (AvgIpc) is 2.76. The Bertz CT molecular complexity index is 1050. The van der Waals surface area contributed by atoms with E-state index in [0.717, 1.165) is 35.3 Å². The van der Waals surface area contributed by atoms with Gasteiger partial charge in [-0.1, -0.05) is 6.07 Å². The van der Waals surface area contributed by atoms with Crippen molar-refractivity contribution in [2.75, 3.05) is 18.0 Å². The molecule has 0 spiro atoms. The zero-order valence-corrected chi connectivity index (χ0v) is 18.1. The monoisotopic (exact) mass is 406 g/mol. The molecule has 5 heteroatoms. The van der Waals surface area contributed by atoms with Gasteiger partial charge >= 0.3 is 5.63 Å². The van der Waals surface area contributed by atoms with Crippen LogP contribution in [0, 0.1) is 6.92 Å². The Hall–Kier alpha value is -2.95. The molecule has 0 saturated carbocycles. The number of aryl methyl sites for hydroxylation is 2. The molecule has 0 fully saturated rings. The first kappa shape index (κ1) is 21.8. The van der Waals surface area contributed by atoms with E-state index in [9.17, 15) is 9.59 Å². The minimum atomic E-state index is -0.292. The Balaban J connectivity index is 1.65. The van der Waals surface area contributed by atoms with Crippen LogP contribution in [0.15, 0.2) is 51.9 Å². The Labute approximate surface area is 177 Å². The van der Waals surface area contributed by atoms with Gasteiger partial charge in [-0.2, -0.15) is 0 Å². The maximum atomic E-state index is 12.6. The number of hydrogen-bond acceptors (Lipinski definition) is 5. The van der Waals surface area contributed by atoms with E-state index in [4.69, 9.17) is 4.42 Å². The van der Waals surface area contributed by atoms with Crippen LogP contribution in [0.1, 0.15) is 49.8 Å². The summed E-state index contributed by atoms with van der Waals surface area (Å²) in [7, 11) is 0. The van der Waals surface area contributed by atoms with E-state index in [0.29, 0.717) is 43.3 Å². The Morgan fingerprint density at radius 3 is 2.60 bits per heavy atom. The maximum Gasteiger partial charge on any atom is 0.339 e. The summed E-state index contributed by atoms with van der Waals surface area (Å²) in [6, 6.07) is 9.92. The molecule has 30 heavy (non-hydrogen) atoms. The number of carbonyl (C=O) groups excluding carboxylic acids is 1. The van der Waals surface area contributed by atoms with Crippen LogP contribution in [0.4, 0.5) is 5.69 Å². The summed E-state index contributed by atoms with van der Waals surface area (Å²) < 4.78 is 5.64. The summed E-state index contributed by atoms with van der Waals surface area (Å²) >= 11 is 0. The third-order valence-corrected chi connectivity index (χ3v) is 5.70. The molecule has 0 saturated heterocycles. The SMILES string of the molecule is CCN(CC)c1ccc2c(C)c(CCCC(=O)CCc3cccnc3)c(=O)oc2c1. The van der Waals surface area contributed by atoms with Crippen molar-refractivity contribution in [3.8, 4) is 0 Å². The largest absolute Gasteiger partial charge is 0.422 e. The summed E-state index contributed by atoms with van der Waals surface area (Å²) in [4.78, 5) is 31.1. The third-order valence-electron chi connectivity index (χ3n) is 5.70. The van der Waals surface area contributed by atoms with Crippen LogP contribution in [0.2, 0.25) is 0 Å². The van der Waals surface area contributed by atoms with Gasteiger partial charge in [0, 0.05) is 61.0 Å². The third kappa shape index (κ3) is 5.15. The van der Waals surface area contributed by atoms with Gasteiger partial charge in [0.2, 0.25) is 0 Å². The van der Waals surface area contributed by atoms with Crippen molar-refractivity contribution in [3.63, 3.8) is 0 Å². The van der Waals surface area contributed by atoms with E-state index < -0.39 is 0 Å². The van der Waals surface area contributed by atoms with Crippen molar-refractivity contribution in [2.45, 2.75) is 52.9 Å². The highest BCUT2D eigenvalue weighted by Gasteiger charge is 2.13. The number of Topliss-reactive ketones (excluding diaryl/α,β-unsaturated/α-hetero) is 1. The van der Waals surface area contributed by atoms with Crippen molar-refractivity contribution < 1.29 is 9.21 Å². The normalized spacial score (nSPS) is 11.0. The van der Waals surface area contributed by atoms with Gasteiger partial charge in [-0.05, 0) is 69.4 Å². The van der Waals surface area contributed by atoms with Crippen molar-refractivity contribution >= 4 is 22.4 Å². The first-order chi connectivity index (χ1) is 14.5. The number of fused-ring (bicyclic) bond motifs is 1. The molecule has 1 aromatic carbocycles. The van der Waals surface area contributed by atoms with Crippen LogP contribution in [-0.4, -0.2) is 23.9 Å². The summed E-state index contributed by atoms with van der Waals surface area (Å²) in [5, 5.41) is 0.961. The number of hydrogen-bond donors (Lipinski definition) is 0. The van der Waals surface area contributed by atoms with E-state index in [1.807, 2.05) is 31.2 Å². The molecule has 0 N–H and O–H groups in total. The molecule has 0 aliphatic heterocycles. The van der Waals surface area contributed by atoms with Crippen LogP contribution in [0.5, 0.6) is 0 Å². The van der Waals surface area contributed by atoms with E-state index in [1.165, 1.54) is 0 Å². The van der Waals surface area contributed by atoms with Crippen LogP contribution in [0.25, 0.3) is 11.0 Å². The number of nitrogens with zero attached hydrogens (tertiary/aromatic N) is 2. The number of aromatic nitrogens is 1. The summed E-state index contributed by atoms with van der Waals surface area (Å²) in [6.07, 6.45) is 6.42. The first-order valence-corrected chi connectivity index (χ1v) is 10.7. The van der Waals surface area contributed by atoms with Crippen LogP contribution >= 0.6 is 0 Å². The fraction of sp³-hybridized carbons (Fsp3) is 0.400. The van der Waals surface area contributed by atoms with E-state index in [2.05, 4.69) is 29.8 Å². The zero-order valence-electron chi connectivity index (χ0n) is 18.1. The lowest BCUT2D eigenvalue weighted by Gasteiger charge is -2.21. The Kier molecular flexibility index (Phi) is 7.39. The molecule has 0 radical (unpaired) electrons. The topological polar surface area (TPSA) is 63.4 Å². The molecule has 0 atom stereocenters. The minimum Gasteiger partial charge on any atom is -0.422 e. The number of pyridine rings is 1. The first-order valence-electron chi connectivity index (χ1n) is 10.7. The van der Waals surface area contributed by atoms with Crippen molar-refractivity contribution in [1.29, 1.82) is 0 Å². The predicted octanol–water partition coefficient (Wildman–Crippen LogP) is 4.87. The lowest BCUT2D eigenvalue weighted by atomic mass is 9.99. The highest BCUT2D eigenvalue weighted by atomic mass is 16.4. The second kappa shape index (κ2) is 10.2. The molecule has 158 valence electrons. The quantitative estimate of drug-likeness (QED) is 0.450. The summed E-state index contributed by atoms with van der Waals surface area (Å²) in [5.41, 5.74) is 4.09. The molecule has 0 bridgehead atoms. The number of ketones is 1. The van der Waals surface area contributed by atoms with Gasteiger partial charge in [0.15, 0.2) is 0 Å². The smallest absolute Gasteiger partial charge is 0.339 e. The molecule has 0 amide bonds. The van der Waals surface area contributed by atoms with Gasteiger partial charge in [0.25, 0.3) is 0 Å². The molecular formula is C25H30N2O3.